The topological polar surface area (TPSA) is 87.0 Å². The Bertz CT molecular complexity index is 868. The van der Waals surface area contributed by atoms with Gasteiger partial charge in [0.05, 0.1) is 29.0 Å². The highest BCUT2D eigenvalue weighted by Crippen LogP contribution is 2.58. The van der Waals surface area contributed by atoms with Crippen LogP contribution in [-0.4, -0.2) is 50.1 Å². The van der Waals surface area contributed by atoms with Gasteiger partial charge in [0.25, 0.3) is 0 Å². The third-order valence-corrected chi connectivity index (χ3v) is 11.1. The molecule has 4 rings (SSSR count). The van der Waals surface area contributed by atoms with Crippen LogP contribution in [0.2, 0.25) is 0 Å². The van der Waals surface area contributed by atoms with Crippen LogP contribution in [0.15, 0.2) is 11.6 Å². The number of hydrogen-bond acceptors (Lipinski definition) is 5. The molecule has 0 aromatic carbocycles. The fourth-order valence-electron chi connectivity index (χ4n) is 8.40. The molecule has 1 aliphatic heterocycles. The predicted octanol–water partition coefficient (Wildman–Crippen LogP) is 5.20. The highest BCUT2D eigenvalue weighted by atomic mass is 16.5. The van der Waals surface area contributed by atoms with Crippen LogP contribution in [0.3, 0.4) is 0 Å². The number of hydrogen-bond donors (Lipinski definition) is 3. The van der Waals surface area contributed by atoms with Gasteiger partial charge in [-0.25, -0.2) is 0 Å². The second-order valence-electron chi connectivity index (χ2n) is 14.5. The summed E-state index contributed by atoms with van der Waals surface area (Å²) < 4.78 is 6.55. The van der Waals surface area contributed by atoms with Crippen molar-refractivity contribution in [3.63, 3.8) is 0 Å². The van der Waals surface area contributed by atoms with Crippen LogP contribution in [0.4, 0.5) is 0 Å². The lowest BCUT2D eigenvalue weighted by molar-refractivity contribution is -0.204. The molecule has 9 atom stereocenters. The molecule has 5 nitrogen and oxygen atoms in total. The second-order valence-corrected chi connectivity index (χ2v) is 14.5. The summed E-state index contributed by atoms with van der Waals surface area (Å²) in [5.74, 6) is 0.110. The van der Waals surface area contributed by atoms with Crippen LogP contribution in [0.1, 0.15) is 107 Å². The number of carbonyl (C=O) groups excluding carboxylic acids is 1. The van der Waals surface area contributed by atoms with E-state index in [9.17, 15) is 20.1 Å². The van der Waals surface area contributed by atoms with Gasteiger partial charge < -0.3 is 20.1 Å². The van der Waals surface area contributed by atoms with E-state index < -0.39 is 22.9 Å². The van der Waals surface area contributed by atoms with E-state index in [2.05, 4.69) is 26.8 Å². The standard InChI is InChI=1S/C30H50O5/c1-18-19(25-20(17-21(18)31)29(7,33)16-15-26(25,2)3)9-10-22-28(6)13-11-23(32)27(4,5)35-24(28)12-14-30(22,8)34/h9,18,20,22-25,32-34H,10-17H2,1-8H3/b19-9-/t18-,20-,22-,23-,24-,25+,28-,29-,30-/m0/s1. The number of allylic oxidation sites excluding steroid dienone is 2. The summed E-state index contributed by atoms with van der Waals surface area (Å²) in [4.78, 5) is 13.1. The molecule has 3 N–H and O–H groups in total. The molecular formula is C30H50O5. The van der Waals surface area contributed by atoms with E-state index in [1.807, 2.05) is 34.6 Å². The van der Waals surface area contributed by atoms with Crippen LogP contribution in [-0.2, 0) is 9.53 Å². The lowest BCUT2D eigenvalue weighted by Crippen LogP contribution is -2.56. The molecule has 1 saturated heterocycles. The van der Waals surface area contributed by atoms with Crippen molar-refractivity contribution < 1.29 is 24.9 Å². The minimum atomic E-state index is -0.847. The van der Waals surface area contributed by atoms with E-state index in [4.69, 9.17) is 4.74 Å². The largest absolute Gasteiger partial charge is 0.390 e. The molecule has 0 amide bonds. The first-order valence-corrected chi connectivity index (χ1v) is 14.0. The van der Waals surface area contributed by atoms with Gasteiger partial charge in [-0.1, -0.05) is 39.3 Å². The van der Waals surface area contributed by atoms with Crippen molar-refractivity contribution in [2.24, 2.45) is 34.5 Å². The second kappa shape index (κ2) is 8.64. The molecule has 1 heterocycles. The smallest absolute Gasteiger partial charge is 0.140 e. The minimum Gasteiger partial charge on any atom is -0.390 e. The lowest BCUT2D eigenvalue weighted by atomic mass is 9.50. The van der Waals surface area contributed by atoms with Gasteiger partial charge in [-0.3, -0.25) is 4.79 Å². The maximum atomic E-state index is 13.1. The van der Waals surface area contributed by atoms with Crippen molar-refractivity contribution in [3.05, 3.63) is 11.6 Å². The molecule has 3 saturated carbocycles. The van der Waals surface area contributed by atoms with Gasteiger partial charge in [0.15, 0.2) is 0 Å². The van der Waals surface area contributed by atoms with Gasteiger partial charge in [0.2, 0.25) is 0 Å². The van der Waals surface area contributed by atoms with E-state index in [1.165, 1.54) is 0 Å². The first-order chi connectivity index (χ1) is 15.9. The number of aliphatic hydroxyl groups is 3. The predicted molar refractivity (Wildman–Crippen MR) is 138 cm³/mol. The van der Waals surface area contributed by atoms with Crippen LogP contribution in [0, 0.1) is 34.5 Å². The monoisotopic (exact) mass is 490 g/mol. The average molecular weight is 491 g/mol. The zero-order valence-electron chi connectivity index (χ0n) is 23.4. The Balaban J connectivity index is 1.72. The molecule has 0 aromatic rings. The Morgan fingerprint density at radius 3 is 2.26 bits per heavy atom. The molecule has 200 valence electrons. The van der Waals surface area contributed by atoms with Gasteiger partial charge >= 0.3 is 0 Å². The normalized spacial score (nSPS) is 50.8. The molecule has 4 aliphatic rings. The summed E-state index contributed by atoms with van der Waals surface area (Å²) in [7, 11) is 0. The number of fused-ring (bicyclic) bond motifs is 2. The van der Waals surface area contributed by atoms with E-state index in [1.54, 1.807) is 0 Å². The summed E-state index contributed by atoms with van der Waals surface area (Å²) in [6.45, 7) is 16.6. The van der Waals surface area contributed by atoms with Crippen LogP contribution >= 0.6 is 0 Å². The number of aliphatic hydroxyl groups excluding tert-OH is 1. The van der Waals surface area contributed by atoms with E-state index >= 15 is 0 Å². The number of rotatable bonds is 2. The molecule has 3 aliphatic carbocycles. The number of ether oxygens (including phenoxy) is 1. The Hall–Kier alpha value is -0.750. The molecule has 0 spiro atoms. The van der Waals surface area contributed by atoms with Crippen molar-refractivity contribution in [2.45, 2.75) is 136 Å². The Morgan fingerprint density at radius 2 is 1.60 bits per heavy atom. The van der Waals surface area contributed by atoms with Crippen LogP contribution in [0.5, 0.6) is 0 Å². The maximum absolute atomic E-state index is 13.1. The molecule has 0 radical (unpaired) electrons. The number of ketones is 1. The van der Waals surface area contributed by atoms with Gasteiger partial charge in [-0.15, -0.1) is 0 Å². The summed E-state index contributed by atoms with van der Waals surface area (Å²) in [6, 6.07) is 0. The molecule has 4 fully saturated rings. The Kier molecular flexibility index (Phi) is 6.74. The molecule has 0 unspecified atom stereocenters. The first-order valence-electron chi connectivity index (χ1n) is 14.0. The van der Waals surface area contributed by atoms with Crippen LogP contribution in [0.25, 0.3) is 0 Å². The van der Waals surface area contributed by atoms with Crippen molar-refractivity contribution in [1.82, 2.24) is 0 Å². The van der Waals surface area contributed by atoms with Gasteiger partial charge in [-0.2, -0.15) is 0 Å². The maximum Gasteiger partial charge on any atom is 0.140 e. The highest BCUT2D eigenvalue weighted by Gasteiger charge is 2.57. The average Bonchev–Trinajstić information content (AvgIpc) is 2.82. The van der Waals surface area contributed by atoms with Gasteiger partial charge in [-0.05, 0) is 95.3 Å². The van der Waals surface area contributed by atoms with Crippen molar-refractivity contribution in [3.8, 4) is 0 Å². The quantitative estimate of drug-likeness (QED) is 0.463. The first kappa shape index (κ1) is 27.3. The van der Waals surface area contributed by atoms with Gasteiger partial charge in [0.1, 0.15) is 5.78 Å². The van der Waals surface area contributed by atoms with Crippen molar-refractivity contribution >= 4 is 5.78 Å². The Morgan fingerprint density at radius 1 is 0.943 bits per heavy atom. The molecule has 35 heavy (non-hydrogen) atoms. The van der Waals surface area contributed by atoms with Crippen LogP contribution < -0.4 is 0 Å². The number of carbonyl (C=O) groups is 1. The molecule has 0 bridgehead atoms. The van der Waals surface area contributed by atoms with E-state index in [-0.39, 0.29) is 46.4 Å². The fourth-order valence-corrected chi connectivity index (χ4v) is 8.40. The molecule has 5 heteroatoms. The van der Waals surface area contributed by atoms with Crippen molar-refractivity contribution in [1.29, 1.82) is 0 Å². The van der Waals surface area contributed by atoms with E-state index in [0.717, 1.165) is 31.3 Å². The SMILES string of the molecule is C[C@@H]1C(=O)C[C@H]2[C@@H](/C1=C\C[C@H]1[C@]3(C)CC[C@H](O)C(C)(C)O[C@H]3CC[C@]1(C)O)C(C)(C)CC[C@]2(C)O. The summed E-state index contributed by atoms with van der Waals surface area (Å²) >= 11 is 0. The summed E-state index contributed by atoms with van der Waals surface area (Å²) in [5.41, 5.74) is -1.40. The minimum absolute atomic E-state index is 0.00871. The summed E-state index contributed by atoms with van der Waals surface area (Å²) in [5, 5.41) is 33.7. The number of Topliss-reactive ketones (excluding diaryl/α,β-unsaturated/α-hetero) is 1. The zero-order valence-corrected chi connectivity index (χ0v) is 23.4. The Labute approximate surface area is 212 Å². The fraction of sp³-hybridized carbons (Fsp3) is 0.900. The molecule has 0 aromatic heterocycles. The third-order valence-electron chi connectivity index (χ3n) is 11.1. The van der Waals surface area contributed by atoms with Gasteiger partial charge in [0, 0.05) is 18.3 Å². The highest BCUT2D eigenvalue weighted by molar-refractivity contribution is 5.85. The van der Waals surface area contributed by atoms with Crippen molar-refractivity contribution in [2.75, 3.05) is 0 Å². The lowest BCUT2D eigenvalue weighted by Gasteiger charge is -2.56. The summed E-state index contributed by atoms with van der Waals surface area (Å²) in [6.07, 6.45) is 7.38. The van der Waals surface area contributed by atoms with E-state index in [0.29, 0.717) is 25.7 Å². The third kappa shape index (κ3) is 4.57. The molecular weight excluding hydrogens is 440 g/mol. The zero-order chi connectivity index (χ0) is 26.2.